The van der Waals surface area contributed by atoms with Crippen LogP contribution in [-0.4, -0.2) is 40.3 Å². The maximum atomic E-state index is 12.9. The van der Waals surface area contributed by atoms with E-state index in [1.807, 2.05) is 0 Å². The monoisotopic (exact) mass is 476 g/mol. The zero-order valence-electron chi connectivity index (χ0n) is 17.0. The van der Waals surface area contributed by atoms with Crippen LogP contribution in [0.3, 0.4) is 0 Å². The van der Waals surface area contributed by atoms with E-state index in [9.17, 15) is 27.0 Å². The summed E-state index contributed by atoms with van der Waals surface area (Å²) in [6.07, 6.45) is 0. The number of hydrogen-bond donors (Lipinski definition) is 4. The Labute approximate surface area is 187 Å². The molecule has 0 saturated carbocycles. The van der Waals surface area contributed by atoms with Crippen molar-refractivity contribution < 1.29 is 27.0 Å². The molecule has 0 saturated heterocycles. The van der Waals surface area contributed by atoms with Gasteiger partial charge in [-0.3, -0.25) is 0 Å². The Morgan fingerprint density at radius 3 is 1.31 bits per heavy atom. The molecule has 32 heavy (non-hydrogen) atoms. The number of sulfonamides is 2. The van der Waals surface area contributed by atoms with Crippen LogP contribution in [0.5, 0.6) is 0 Å². The van der Waals surface area contributed by atoms with Crippen LogP contribution >= 0.6 is 0 Å². The van der Waals surface area contributed by atoms with Gasteiger partial charge in [0.15, 0.2) is 0 Å². The number of aliphatic hydroxyl groups is 2. The Morgan fingerprint density at radius 2 is 0.969 bits per heavy atom. The molecule has 8 nitrogen and oxygen atoms in total. The first-order chi connectivity index (χ1) is 15.3. The fourth-order valence-corrected chi connectivity index (χ4v) is 5.71. The summed E-state index contributed by atoms with van der Waals surface area (Å²) in [5.74, 6) is 0. The second kappa shape index (κ2) is 10.3. The molecule has 0 radical (unpaired) electrons. The lowest BCUT2D eigenvalue weighted by atomic mass is 10.1. The average molecular weight is 477 g/mol. The Bertz CT molecular complexity index is 1140. The minimum absolute atomic E-state index is 0.269. The molecule has 0 heterocycles. The summed E-state index contributed by atoms with van der Waals surface area (Å²) in [6.45, 7) is -0.948. The van der Waals surface area contributed by atoms with Gasteiger partial charge in [-0.05, 0) is 29.3 Å². The molecule has 170 valence electrons. The number of hydrogen-bond acceptors (Lipinski definition) is 6. The first-order valence-corrected chi connectivity index (χ1v) is 12.7. The van der Waals surface area contributed by atoms with Gasteiger partial charge in [0, 0.05) is 0 Å². The van der Waals surface area contributed by atoms with Crippen molar-refractivity contribution in [2.24, 2.45) is 0 Å². The van der Waals surface area contributed by atoms with E-state index in [0.717, 1.165) is 6.07 Å². The highest BCUT2D eigenvalue weighted by Gasteiger charge is 2.25. The van der Waals surface area contributed by atoms with Crippen molar-refractivity contribution in [2.45, 2.75) is 21.9 Å². The summed E-state index contributed by atoms with van der Waals surface area (Å²) < 4.78 is 56.3. The maximum Gasteiger partial charge on any atom is 0.241 e. The van der Waals surface area contributed by atoms with Crippen molar-refractivity contribution in [1.82, 2.24) is 9.44 Å². The van der Waals surface area contributed by atoms with Gasteiger partial charge < -0.3 is 10.2 Å². The van der Waals surface area contributed by atoms with Crippen LogP contribution < -0.4 is 9.44 Å². The summed E-state index contributed by atoms with van der Waals surface area (Å²) in [7, 11) is -8.28. The van der Waals surface area contributed by atoms with Gasteiger partial charge in [-0.15, -0.1) is 0 Å². The van der Waals surface area contributed by atoms with Gasteiger partial charge in [0.05, 0.1) is 35.1 Å². The lowest BCUT2D eigenvalue weighted by Gasteiger charge is -2.18. The lowest BCUT2D eigenvalue weighted by molar-refractivity contribution is 0.259. The Kier molecular flexibility index (Phi) is 7.77. The molecular formula is C22H24N2O6S2. The zero-order valence-corrected chi connectivity index (χ0v) is 18.6. The van der Waals surface area contributed by atoms with Crippen LogP contribution in [0.25, 0.3) is 0 Å². The minimum Gasteiger partial charge on any atom is -0.394 e. The topological polar surface area (TPSA) is 133 Å². The highest BCUT2D eigenvalue weighted by molar-refractivity contribution is 7.90. The molecule has 3 aromatic carbocycles. The Hall–Kier alpha value is -2.60. The van der Waals surface area contributed by atoms with Crippen molar-refractivity contribution in [2.75, 3.05) is 13.2 Å². The van der Waals surface area contributed by atoms with Crippen LogP contribution in [0, 0.1) is 0 Å². The summed E-state index contributed by atoms with van der Waals surface area (Å²) in [5.41, 5.74) is 1.13. The Balaban J connectivity index is 1.86. The van der Waals surface area contributed by atoms with Crippen molar-refractivity contribution in [1.29, 1.82) is 0 Å². The van der Waals surface area contributed by atoms with E-state index in [1.165, 1.54) is 18.2 Å². The predicted octanol–water partition coefficient (Wildman–Crippen LogP) is 1.71. The largest absolute Gasteiger partial charge is 0.394 e. The smallest absolute Gasteiger partial charge is 0.241 e. The molecule has 0 aliphatic heterocycles. The molecule has 3 rings (SSSR count). The van der Waals surface area contributed by atoms with Crippen molar-refractivity contribution in [3.63, 3.8) is 0 Å². The highest BCUT2D eigenvalue weighted by atomic mass is 32.2. The van der Waals surface area contributed by atoms with Gasteiger partial charge in [0.2, 0.25) is 20.0 Å². The third-order valence-electron chi connectivity index (χ3n) is 4.79. The molecule has 0 aliphatic carbocycles. The highest BCUT2D eigenvalue weighted by Crippen LogP contribution is 2.21. The van der Waals surface area contributed by atoms with Crippen LogP contribution in [0.4, 0.5) is 0 Å². The summed E-state index contributed by atoms with van der Waals surface area (Å²) in [4.78, 5) is -0.537. The van der Waals surface area contributed by atoms with Gasteiger partial charge >= 0.3 is 0 Å². The molecule has 0 fully saturated rings. The van der Waals surface area contributed by atoms with E-state index < -0.39 is 45.3 Å². The second-order valence-corrected chi connectivity index (χ2v) is 10.4. The molecule has 2 atom stereocenters. The third-order valence-corrected chi connectivity index (χ3v) is 7.73. The quantitative estimate of drug-likeness (QED) is 0.352. The van der Waals surface area contributed by atoms with E-state index in [-0.39, 0.29) is 9.79 Å². The fraction of sp³-hybridized carbons (Fsp3) is 0.182. The van der Waals surface area contributed by atoms with E-state index in [1.54, 1.807) is 60.7 Å². The predicted molar refractivity (Wildman–Crippen MR) is 120 cm³/mol. The van der Waals surface area contributed by atoms with Gasteiger partial charge in [-0.25, -0.2) is 26.3 Å². The first-order valence-electron chi connectivity index (χ1n) is 9.73. The van der Waals surface area contributed by atoms with Gasteiger partial charge in [0.1, 0.15) is 0 Å². The van der Waals surface area contributed by atoms with Crippen molar-refractivity contribution in [3.05, 3.63) is 96.1 Å². The third kappa shape index (κ3) is 5.80. The molecule has 10 heteroatoms. The molecule has 3 aromatic rings. The van der Waals surface area contributed by atoms with E-state index >= 15 is 0 Å². The maximum absolute atomic E-state index is 12.9. The van der Waals surface area contributed by atoms with Gasteiger partial charge in [-0.1, -0.05) is 66.7 Å². The van der Waals surface area contributed by atoms with Crippen LogP contribution in [0.2, 0.25) is 0 Å². The molecule has 0 spiro atoms. The summed E-state index contributed by atoms with van der Waals surface area (Å²) >= 11 is 0. The zero-order chi connectivity index (χ0) is 23.2. The molecular weight excluding hydrogens is 452 g/mol. The molecule has 0 amide bonds. The lowest BCUT2D eigenvalue weighted by Crippen LogP contribution is -2.32. The molecule has 0 bridgehead atoms. The molecule has 4 N–H and O–H groups in total. The fourth-order valence-electron chi connectivity index (χ4n) is 3.11. The van der Waals surface area contributed by atoms with Crippen LogP contribution in [0.1, 0.15) is 23.2 Å². The second-order valence-electron chi connectivity index (χ2n) is 7.01. The van der Waals surface area contributed by atoms with Crippen LogP contribution in [-0.2, 0) is 20.0 Å². The first kappa shape index (κ1) is 24.1. The van der Waals surface area contributed by atoms with E-state index in [2.05, 4.69) is 9.44 Å². The molecule has 0 aromatic heterocycles. The number of nitrogens with one attached hydrogen (secondary N) is 2. The number of aliphatic hydroxyl groups excluding tert-OH is 2. The van der Waals surface area contributed by atoms with Gasteiger partial charge in [-0.2, -0.15) is 0 Å². The SMILES string of the molecule is O=S(=O)(N[C@H](CO)c1ccccc1)c1cccc(S(=O)(=O)N[C@H](CO)c2ccccc2)c1. The van der Waals surface area contributed by atoms with Crippen LogP contribution in [0.15, 0.2) is 94.7 Å². The molecule has 0 unspecified atom stereocenters. The number of rotatable bonds is 10. The summed E-state index contributed by atoms with van der Waals surface area (Å²) in [6, 6.07) is 20.2. The summed E-state index contributed by atoms with van der Waals surface area (Å²) in [5, 5.41) is 19.3. The standard InChI is InChI=1S/C22H24N2O6S2/c25-15-21(17-8-3-1-4-9-17)23-31(27,28)19-12-7-13-20(14-19)32(29,30)24-22(16-26)18-10-5-2-6-11-18/h1-14,21-26H,15-16H2/t21-,22-/m1/s1. The number of benzene rings is 3. The minimum atomic E-state index is -4.14. The van der Waals surface area contributed by atoms with Gasteiger partial charge in [0.25, 0.3) is 0 Å². The van der Waals surface area contributed by atoms with Crippen molar-refractivity contribution >= 4 is 20.0 Å². The Morgan fingerprint density at radius 1 is 0.594 bits per heavy atom. The van der Waals surface area contributed by atoms with Crippen molar-refractivity contribution in [3.8, 4) is 0 Å². The normalized spacial score (nSPS) is 14.1. The molecule has 0 aliphatic rings. The average Bonchev–Trinajstić information content (AvgIpc) is 2.82. The van der Waals surface area contributed by atoms with E-state index in [0.29, 0.717) is 11.1 Å². The van der Waals surface area contributed by atoms with E-state index in [4.69, 9.17) is 0 Å².